The van der Waals surface area contributed by atoms with Crippen molar-refractivity contribution < 1.29 is 28.6 Å². The maximum Gasteiger partial charge on any atom is 0.306 e. The van der Waals surface area contributed by atoms with Crippen LogP contribution in [0.3, 0.4) is 0 Å². The van der Waals surface area contributed by atoms with E-state index in [1.54, 1.807) is 0 Å². The molecule has 0 rings (SSSR count). The molecule has 0 aliphatic rings. The molecular weight excluding hydrogens is 937 g/mol. The molecule has 0 saturated carbocycles. The van der Waals surface area contributed by atoms with E-state index in [1.807, 2.05) is 0 Å². The minimum Gasteiger partial charge on any atom is -0.462 e. The molecule has 0 N–H and O–H groups in total. The van der Waals surface area contributed by atoms with Crippen LogP contribution in [0.5, 0.6) is 0 Å². The van der Waals surface area contributed by atoms with E-state index in [0.29, 0.717) is 19.3 Å². The monoisotopic (exact) mass is 1060 g/mol. The predicted molar refractivity (Wildman–Crippen MR) is 330 cm³/mol. The van der Waals surface area contributed by atoms with Crippen molar-refractivity contribution in [1.29, 1.82) is 0 Å². The molecular formula is C70H122O6. The molecule has 0 aromatic rings. The Morgan fingerprint density at radius 2 is 0.526 bits per heavy atom. The molecule has 0 amide bonds. The molecule has 6 heteroatoms. The molecule has 0 radical (unpaired) electrons. The lowest BCUT2D eigenvalue weighted by atomic mass is 10.0. The average Bonchev–Trinajstić information content (AvgIpc) is 3.42. The van der Waals surface area contributed by atoms with E-state index in [2.05, 4.69) is 106 Å². The topological polar surface area (TPSA) is 78.9 Å². The SMILES string of the molecule is CC/C=C\C/C=C\C/C=C\C/C=C\C/C=C\CCCC(=O)OCC(COC(=O)CCCCCCCCCCC/C=C\C/C=C\CCCCCCC)OC(=O)CCCCCCCCCCCCCCCCCCCCCC. The second kappa shape index (κ2) is 64.1. The third-order valence-corrected chi connectivity index (χ3v) is 14.1. The second-order valence-electron chi connectivity index (χ2n) is 21.6. The van der Waals surface area contributed by atoms with Gasteiger partial charge >= 0.3 is 17.9 Å². The zero-order chi connectivity index (χ0) is 55.0. The van der Waals surface area contributed by atoms with Gasteiger partial charge in [0, 0.05) is 19.3 Å². The largest absolute Gasteiger partial charge is 0.462 e. The first-order valence-electron chi connectivity index (χ1n) is 32.6. The lowest BCUT2D eigenvalue weighted by molar-refractivity contribution is -0.167. The van der Waals surface area contributed by atoms with Crippen molar-refractivity contribution in [2.75, 3.05) is 13.2 Å². The van der Waals surface area contributed by atoms with Crippen molar-refractivity contribution in [2.45, 2.75) is 329 Å². The van der Waals surface area contributed by atoms with Crippen LogP contribution in [0.25, 0.3) is 0 Å². The van der Waals surface area contributed by atoms with Crippen LogP contribution in [0, 0.1) is 0 Å². The Kier molecular flexibility index (Phi) is 61.2. The first-order valence-corrected chi connectivity index (χ1v) is 32.6. The summed E-state index contributed by atoms with van der Waals surface area (Å²) in [5, 5.41) is 0. The van der Waals surface area contributed by atoms with Crippen LogP contribution < -0.4 is 0 Å². The van der Waals surface area contributed by atoms with Crippen molar-refractivity contribution in [3.05, 3.63) is 85.1 Å². The zero-order valence-corrected chi connectivity index (χ0v) is 50.3. The molecule has 76 heavy (non-hydrogen) atoms. The molecule has 0 aromatic heterocycles. The van der Waals surface area contributed by atoms with Gasteiger partial charge in [0.15, 0.2) is 6.10 Å². The minimum atomic E-state index is -0.802. The van der Waals surface area contributed by atoms with E-state index < -0.39 is 6.10 Å². The average molecular weight is 1060 g/mol. The third-order valence-electron chi connectivity index (χ3n) is 14.1. The Labute approximate surface area is 471 Å². The van der Waals surface area contributed by atoms with Gasteiger partial charge in [0.25, 0.3) is 0 Å². The molecule has 0 fully saturated rings. The van der Waals surface area contributed by atoms with Gasteiger partial charge in [-0.25, -0.2) is 0 Å². The Bertz CT molecular complexity index is 1450. The van der Waals surface area contributed by atoms with Crippen LogP contribution in [0.2, 0.25) is 0 Å². The lowest BCUT2D eigenvalue weighted by Crippen LogP contribution is -2.30. The number of hydrogen-bond acceptors (Lipinski definition) is 6. The minimum absolute atomic E-state index is 0.0940. The quantitative estimate of drug-likeness (QED) is 0.0261. The normalized spacial score (nSPS) is 12.6. The maximum absolute atomic E-state index is 12.9. The van der Waals surface area contributed by atoms with Gasteiger partial charge in [-0.1, -0.05) is 298 Å². The number of esters is 3. The van der Waals surface area contributed by atoms with Crippen LogP contribution in [0.4, 0.5) is 0 Å². The van der Waals surface area contributed by atoms with Gasteiger partial charge < -0.3 is 14.2 Å². The fourth-order valence-corrected chi connectivity index (χ4v) is 9.28. The summed E-state index contributed by atoms with van der Waals surface area (Å²) in [6, 6.07) is 0. The molecule has 0 aliphatic carbocycles. The van der Waals surface area contributed by atoms with E-state index in [4.69, 9.17) is 14.2 Å². The summed E-state index contributed by atoms with van der Waals surface area (Å²) >= 11 is 0. The fourth-order valence-electron chi connectivity index (χ4n) is 9.28. The number of unbranched alkanes of at least 4 members (excludes halogenated alkanes) is 34. The Morgan fingerprint density at radius 3 is 0.855 bits per heavy atom. The second-order valence-corrected chi connectivity index (χ2v) is 21.6. The summed E-state index contributed by atoms with van der Waals surface area (Å²) in [7, 11) is 0. The number of hydrogen-bond donors (Lipinski definition) is 0. The van der Waals surface area contributed by atoms with E-state index in [-0.39, 0.29) is 37.5 Å². The van der Waals surface area contributed by atoms with Crippen LogP contribution in [0.15, 0.2) is 85.1 Å². The Morgan fingerprint density at radius 1 is 0.276 bits per heavy atom. The van der Waals surface area contributed by atoms with Crippen molar-refractivity contribution >= 4 is 17.9 Å². The molecule has 0 bridgehead atoms. The molecule has 0 aliphatic heterocycles. The van der Waals surface area contributed by atoms with Crippen molar-refractivity contribution in [3.63, 3.8) is 0 Å². The summed E-state index contributed by atoms with van der Waals surface area (Å²) in [6.45, 7) is 6.51. The van der Waals surface area contributed by atoms with Gasteiger partial charge in [0.1, 0.15) is 13.2 Å². The smallest absolute Gasteiger partial charge is 0.306 e. The molecule has 0 spiro atoms. The van der Waals surface area contributed by atoms with Gasteiger partial charge in [-0.15, -0.1) is 0 Å². The summed E-state index contributed by atoms with van der Waals surface area (Å²) in [5.41, 5.74) is 0. The van der Waals surface area contributed by atoms with Gasteiger partial charge in [-0.3, -0.25) is 14.4 Å². The fraction of sp³-hybridized carbons (Fsp3) is 0.757. The maximum atomic E-state index is 12.9. The summed E-state index contributed by atoms with van der Waals surface area (Å²) in [4.78, 5) is 38.3. The lowest BCUT2D eigenvalue weighted by Gasteiger charge is -2.18. The van der Waals surface area contributed by atoms with Crippen LogP contribution in [-0.4, -0.2) is 37.2 Å². The van der Waals surface area contributed by atoms with Gasteiger partial charge in [0.05, 0.1) is 0 Å². The summed E-state index contributed by atoms with van der Waals surface area (Å²) in [5.74, 6) is -0.943. The van der Waals surface area contributed by atoms with Crippen LogP contribution in [-0.2, 0) is 28.6 Å². The first kappa shape index (κ1) is 72.6. The number of carbonyl (C=O) groups excluding carboxylic acids is 3. The number of carbonyl (C=O) groups is 3. The van der Waals surface area contributed by atoms with Gasteiger partial charge in [-0.05, 0) is 89.9 Å². The Hall–Kier alpha value is -3.41. The molecule has 0 heterocycles. The third kappa shape index (κ3) is 61.4. The van der Waals surface area contributed by atoms with Gasteiger partial charge in [-0.2, -0.15) is 0 Å². The van der Waals surface area contributed by atoms with Crippen LogP contribution >= 0.6 is 0 Å². The Balaban J connectivity index is 4.42. The first-order chi connectivity index (χ1) is 37.5. The highest BCUT2D eigenvalue weighted by Crippen LogP contribution is 2.17. The summed E-state index contributed by atoms with van der Waals surface area (Å²) < 4.78 is 16.9. The molecule has 1 unspecified atom stereocenters. The molecule has 6 nitrogen and oxygen atoms in total. The van der Waals surface area contributed by atoms with Crippen molar-refractivity contribution in [3.8, 4) is 0 Å². The molecule has 438 valence electrons. The van der Waals surface area contributed by atoms with E-state index >= 15 is 0 Å². The highest BCUT2D eigenvalue weighted by molar-refractivity contribution is 5.71. The molecule has 0 aromatic carbocycles. The highest BCUT2D eigenvalue weighted by atomic mass is 16.6. The predicted octanol–water partition coefficient (Wildman–Crippen LogP) is 22.3. The molecule has 1 atom stereocenters. The number of ether oxygens (including phenoxy) is 3. The number of rotatable bonds is 59. The van der Waals surface area contributed by atoms with Crippen molar-refractivity contribution in [1.82, 2.24) is 0 Å². The van der Waals surface area contributed by atoms with Crippen LogP contribution in [0.1, 0.15) is 323 Å². The number of allylic oxidation sites excluding steroid dienone is 14. The zero-order valence-electron chi connectivity index (χ0n) is 50.3. The van der Waals surface area contributed by atoms with Crippen molar-refractivity contribution in [2.24, 2.45) is 0 Å². The van der Waals surface area contributed by atoms with E-state index in [1.165, 1.54) is 193 Å². The summed E-state index contributed by atoms with van der Waals surface area (Å²) in [6.07, 6.45) is 84.5. The van der Waals surface area contributed by atoms with Gasteiger partial charge in [0.2, 0.25) is 0 Å². The standard InChI is InChI=1S/C70H122O6/c1-4-7-10-13-16-19-22-25-28-31-33-35-37-39-42-45-48-51-54-57-60-63-69(72)75-66-67(65-74-68(71)62-59-56-53-50-47-44-41-38-30-27-24-21-18-15-12-9-6-3)76-70(73)64-61-58-55-52-49-46-43-40-36-34-32-29-26-23-20-17-14-11-8-5-2/h9,12,18,21-22,25,27,30-31,33,41,44,50,53,67H,4-8,10-11,13-17,19-20,23-24,26,28-29,32,34-40,42-43,45-49,51-52,54-66H2,1-3H3/b12-9-,21-18-,25-22-,30-27-,33-31-,44-41-,53-50-. The van der Waals surface area contributed by atoms with E-state index in [9.17, 15) is 14.4 Å². The highest BCUT2D eigenvalue weighted by Gasteiger charge is 2.19. The van der Waals surface area contributed by atoms with E-state index in [0.717, 1.165) is 83.5 Å². The molecule has 0 saturated heterocycles.